The van der Waals surface area contributed by atoms with Gasteiger partial charge in [0.25, 0.3) is 0 Å². The van der Waals surface area contributed by atoms with Gasteiger partial charge < -0.3 is 4.74 Å². The van der Waals surface area contributed by atoms with Gasteiger partial charge in [0.1, 0.15) is 18.2 Å². The number of rotatable bonds is 7. The van der Waals surface area contributed by atoms with Crippen LogP contribution < -0.4 is 4.74 Å². The Morgan fingerprint density at radius 1 is 0.933 bits per heavy atom. The summed E-state index contributed by atoms with van der Waals surface area (Å²) in [5.41, 5.74) is 0.278. The number of allylic oxidation sites excluding steroid dienone is 1. The van der Waals surface area contributed by atoms with Crippen LogP contribution in [0.15, 0.2) is 42.5 Å². The summed E-state index contributed by atoms with van der Waals surface area (Å²) in [6, 6.07) is 5.99. The molecule has 0 aliphatic carbocycles. The van der Waals surface area contributed by atoms with Crippen LogP contribution in [0.5, 0.6) is 5.75 Å². The van der Waals surface area contributed by atoms with Crippen molar-refractivity contribution in [2.45, 2.75) is 38.8 Å². The van der Waals surface area contributed by atoms with E-state index in [0.717, 1.165) is 25.3 Å². The first-order valence-corrected chi connectivity index (χ1v) is 9.36. The van der Waals surface area contributed by atoms with Crippen molar-refractivity contribution in [2.75, 3.05) is 6.61 Å². The van der Waals surface area contributed by atoms with E-state index in [4.69, 9.17) is 4.74 Å². The summed E-state index contributed by atoms with van der Waals surface area (Å²) in [5, 5.41) is 0. The van der Waals surface area contributed by atoms with Crippen LogP contribution in [0.3, 0.4) is 0 Å². The van der Waals surface area contributed by atoms with Gasteiger partial charge in [-0.2, -0.15) is 13.2 Å². The molecule has 0 aromatic heterocycles. The summed E-state index contributed by atoms with van der Waals surface area (Å²) in [5.74, 6) is 2.16. The van der Waals surface area contributed by atoms with Crippen LogP contribution >= 0.6 is 0 Å². The lowest BCUT2D eigenvalue weighted by Crippen LogP contribution is -2.03. The number of hydrogen-bond acceptors (Lipinski definition) is 1. The largest absolute Gasteiger partial charge is 0.486 e. The van der Waals surface area contributed by atoms with Gasteiger partial charge in [0.15, 0.2) is 11.6 Å². The molecule has 0 radical (unpaired) electrons. The van der Waals surface area contributed by atoms with Gasteiger partial charge in [0.05, 0.1) is 5.56 Å². The molecule has 7 heteroatoms. The molecule has 2 rings (SSSR count). The molecule has 160 valence electrons. The zero-order valence-corrected chi connectivity index (χ0v) is 16.3. The van der Waals surface area contributed by atoms with Gasteiger partial charge in [-0.25, -0.2) is 13.2 Å². The first-order chi connectivity index (χ1) is 14.2. The highest BCUT2D eigenvalue weighted by molar-refractivity contribution is 5.46. The van der Waals surface area contributed by atoms with E-state index in [1.807, 2.05) is 6.92 Å². The monoisotopic (exact) mass is 426 g/mol. The number of benzene rings is 2. The maximum atomic E-state index is 14.2. The third-order valence-corrected chi connectivity index (χ3v) is 4.08. The van der Waals surface area contributed by atoms with Gasteiger partial charge in [0.2, 0.25) is 0 Å². The Morgan fingerprint density at radius 3 is 2.23 bits per heavy atom. The molecule has 0 bridgehead atoms. The highest BCUT2D eigenvalue weighted by Crippen LogP contribution is 2.20. The second kappa shape index (κ2) is 10.8. The maximum Gasteiger partial charge on any atom is 0.409 e. The average Bonchev–Trinajstić information content (AvgIpc) is 2.65. The van der Waals surface area contributed by atoms with E-state index >= 15 is 0 Å². The number of hydrogen-bond donors (Lipinski definition) is 0. The van der Waals surface area contributed by atoms with Crippen molar-refractivity contribution >= 4 is 0 Å². The first-order valence-electron chi connectivity index (χ1n) is 9.36. The van der Waals surface area contributed by atoms with E-state index < -0.39 is 35.8 Å². The molecule has 0 unspecified atom stereocenters. The third kappa shape index (κ3) is 7.51. The fraction of sp³-hybridized carbons (Fsp3) is 0.304. The molecule has 0 aliphatic rings. The molecular formula is C23H20F6O. The summed E-state index contributed by atoms with van der Waals surface area (Å²) >= 11 is 0. The number of aryl methyl sites for hydroxylation is 1. The Labute approximate surface area is 171 Å². The van der Waals surface area contributed by atoms with Gasteiger partial charge in [-0.1, -0.05) is 31.6 Å². The van der Waals surface area contributed by atoms with E-state index in [0.29, 0.717) is 18.1 Å². The minimum atomic E-state index is -4.47. The van der Waals surface area contributed by atoms with E-state index in [2.05, 4.69) is 11.8 Å². The fourth-order valence-electron chi connectivity index (χ4n) is 2.62. The molecule has 0 saturated heterocycles. The standard InChI is InChI=1S/C23H20F6O/c1-2-3-4-6-17-14-19(24)18(20(25)15-17)9-7-16-8-10-22(21(26)13-16)30-12-5-11-23(27,28)29/h5,8,10-11,13-15H,2-4,6,12H2,1H3/b11-5+. The van der Waals surface area contributed by atoms with Crippen LogP contribution in [0.2, 0.25) is 0 Å². The SMILES string of the molecule is CCCCCc1cc(F)c(C#Cc2ccc(OC/C=C/C(F)(F)F)c(F)c2)c(F)c1. The van der Waals surface area contributed by atoms with Crippen molar-refractivity contribution in [2.24, 2.45) is 0 Å². The number of halogens is 6. The molecule has 0 spiro atoms. The van der Waals surface area contributed by atoms with Crippen LogP contribution in [0.25, 0.3) is 0 Å². The van der Waals surface area contributed by atoms with Gasteiger partial charge in [-0.15, -0.1) is 0 Å². The van der Waals surface area contributed by atoms with Crippen LogP contribution in [0, 0.1) is 29.3 Å². The lowest BCUT2D eigenvalue weighted by molar-refractivity contribution is -0.0801. The van der Waals surface area contributed by atoms with Gasteiger partial charge in [-0.3, -0.25) is 0 Å². The molecule has 2 aromatic carbocycles. The van der Waals surface area contributed by atoms with Gasteiger partial charge >= 0.3 is 6.18 Å². The van der Waals surface area contributed by atoms with Crippen molar-refractivity contribution < 1.29 is 31.1 Å². The molecule has 2 aromatic rings. The zero-order valence-electron chi connectivity index (χ0n) is 16.3. The van der Waals surface area contributed by atoms with Crippen LogP contribution in [-0.2, 0) is 6.42 Å². The zero-order chi connectivity index (χ0) is 22.1. The quantitative estimate of drug-likeness (QED) is 0.206. The van der Waals surface area contributed by atoms with Crippen LogP contribution in [0.1, 0.15) is 42.9 Å². The third-order valence-electron chi connectivity index (χ3n) is 4.08. The molecule has 0 fully saturated rings. The summed E-state index contributed by atoms with van der Waals surface area (Å²) in [7, 11) is 0. The first kappa shape index (κ1) is 23.4. The minimum absolute atomic E-state index is 0.0110. The molecule has 0 atom stereocenters. The lowest BCUT2D eigenvalue weighted by atomic mass is 10.0. The summed E-state index contributed by atoms with van der Waals surface area (Å²) in [6.07, 6.45) is -0.401. The Kier molecular flexibility index (Phi) is 8.40. The van der Waals surface area contributed by atoms with Crippen molar-refractivity contribution in [3.8, 4) is 17.6 Å². The second-order valence-corrected chi connectivity index (χ2v) is 6.54. The number of unbranched alkanes of at least 4 members (excludes halogenated alkanes) is 2. The highest BCUT2D eigenvalue weighted by Gasteiger charge is 2.21. The van der Waals surface area contributed by atoms with Crippen molar-refractivity contribution in [3.05, 3.63) is 76.6 Å². The predicted octanol–water partition coefficient (Wildman–Crippen LogP) is 6.73. The van der Waals surface area contributed by atoms with Crippen molar-refractivity contribution in [1.82, 2.24) is 0 Å². The van der Waals surface area contributed by atoms with Gasteiger partial charge in [-0.05, 0) is 54.8 Å². The molecule has 30 heavy (non-hydrogen) atoms. The molecule has 0 saturated carbocycles. The molecule has 1 nitrogen and oxygen atoms in total. The lowest BCUT2D eigenvalue weighted by Gasteiger charge is -2.05. The Balaban J connectivity index is 2.09. The second-order valence-electron chi connectivity index (χ2n) is 6.54. The number of ether oxygens (including phenoxy) is 1. The Bertz CT molecular complexity index is 927. The molecule has 0 heterocycles. The summed E-state index contributed by atoms with van der Waals surface area (Å²) in [4.78, 5) is 0. The molecule has 0 aliphatic heterocycles. The smallest absolute Gasteiger partial charge is 0.409 e. The van der Waals surface area contributed by atoms with E-state index in [-0.39, 0.29) is 17.4 Å². The van der Waals surface area contributed by atoms with Crippen LogP contribution in [-0.4, -0.2) is 12.8 Å². The normalized spacial score (nSPS) is 11.4. The minimum Gasteiger partial charge on any atom is -0.486 e. The number of alkyl halides is 3. The Hall–Kier alpha value is -2.88. The summed E-state index contributed by atoms with van der Waals surface area (Å²) < 4.78 is 83.3. The van der Waals surface area contributed by atoms with E-state index in [1.165, 1.54) is 24.3 Å². The Morgan fingerprint density at radius 2 is 1.63 bits per heavy atom. The van der Waals surface area contributed by atoms with Crippen LogP contribution in [0.4, 0.5) is 26.3 Å². The topological polar surface area (TPSA) is 9.23 Å². The molecular weight excluding hydrogens is 406 g/mol. The van der Waals surface area contributed by atoms with Crippen molar-refractivity contribution in [3.63, 3.8) is 0 Å². The van der Waals surface area contributed by atoms with Crippen molar-refractivity contribution in [1.29, 1.82) is 0 Å². The van der Waals surface area contributed by atoms with Gasteiger partial charge in [0, 0.05) is 11.6 Å². The summed E-state index contributed by atoms with van der Waals surface area (Å²) in [6.45, 7) is 1.56. The van der Waals surface area contributed by atoms with E-state index in [9.17, 15) is 26.3 Å². The maximum absolute atomic E-state index is 14.2. The molecule has 0 N–H and O–H groups in total. The highest BCUT2D eigenvalue weighted by atomic mass is 19.4. The fourth-order valence-corrected chi connectivity index (χ4v) is 2.62. The molecule has 0 amide bonds. The van der Waals surface area contributed by atoms with E-state index in [1.54, 1.807) is 0 Å². The predicted molar refractivity (Wildman–Crippen MR) is 103 cm³/mol. The average molecular weight is 426 g/mol.